The Balaban J connectivity index is 1.54. The summed E-state index contributed by atoms with van der Waals surface area (Å²) in [6.45, 7) is 2.18. The van der Waals surface area contributed by atoms with Gasteiger partial charge in [0.15, 0.2) is 5.58 Å². The minimum atomic E-state index is -0.122. The van der Waals surface area contributed by atoms with Gasteiger partial charge >= 0.3 is 0 Å². The van der Waals surface area contributed by atoms with Crippen molar-refractivity contribution in [2.75, 3.05) is 13.1 Å². The van der Waals surface area contributed by atoms with Crippen LogP contribution in [-0.4, -0.2) is 35.0 Å². The van der Waals surface area contributed by atoms with Crippen LogP contribution >= 0.6 is 12.6 Å². The minimum Gasteiger partial charge on any atom is -0.462 e. The molecule has 1 amide bonds. The quantitative estimate of drug-likeness (QED) is 0.836. The number of hydrogen-bond acceptors (Lipinski definition) is 5. The van der Waals surface area contributed by atoms with E-state index in [4.69, 9.17) is 4.42 Å². The van der Waals surface area contributed by atoms with Gasteiger partial charge in [0.25, 0.3) is 5.91 Å². The summed E-state index contributed by atoms with van der Waals surface area (Å²) in [7, 11) is 0. The monoisotopic (exact) mass is 303 g/mol. The number of furan rings is 1. The normalized spacial score (nSPS) is 28.0. The third-order valence-corrected chi connectivity index (χ3v) is 4.96. The van der Waals surface area contributed by atoms with Gasteiger partial charge in [-0.25, -0.2) is 4.98 Å². The highest BCUT2D eigenvalue weighted by Gasteiger charge is 2.34. The van der Waals surface area contributed by atoms with Crippen LogP contribution in [0.25, 0.3) is 11.0 Å². The maximum atomic E-state index is 12.4. The Kier molecular flexibility index (Phi) is 3.15. The molecule has 6 heteroatoms. The molecule has 21 heavy (non-hydrogen) atoms. The lowest BCUT2D eigenvalue weighted by molar-refractivity contribution is 0.0293. The molecule has 3 aliphatic heterocycles. The third kappa shape index (κ3) is 2.32. The first-order chi connectivity index (χ1) is 10.2. The molecule has 1 N–H and O–H groups in total. The molecule has 1 unspecified atom stereocenters. The Labute approximate surface area is 128 Å². The van der Waals surface area contributed by atoms with E-state index in [1.54, 1.807) is 18.5 Å². The average Bonchev–Trinajstić information content (AvgIpc) is 2.89. The van der Waals surface area contributed by atoms with Crippen molar-refractivity contribution >= 4 is 29.5 Å². The Morgan fingerprint density at radius 2 is 2.24 bits per heavy atom. The number of pyridine rings is 1. The first-order valence-corrected chi connectivity index (χ1v) is 7.76. The summed E-state index contributed by atoms with van der Waals surface area (Å²) >= 11 is 4.32. The number of thiol groups is 1. The highest BCUT2D eigenvalue weighted by Crippen LogP contribution is 2.30. The minimum absolute atomic E-state index is 0.122. The van der Waals surface area contributed by atoms with Crippen LogP contribution in [0.2, 0.25) is 0 Å². The fourth-order valence-electron chi connectivity index (χ4n) is 3.38. The first kappa shape index (κ1) is 13.2. The summed E-state index contributed by atoms with van der Waals surface area (Å²) in [5, 5.41) is 3.93. The summed E-state index contributed by atoms with van der Waals surface area (Å²) < 4.78 is 5.29. The van der Waals surface area contributed by atoms with Gasteiger partial charge in [0, 0.05) is 18.5 Å². The zero-order valence-electron chi connectivity index (χ0n) is 11.6. The van der Waals surface area contributed by atoms with E-state index in [-0.39, 0.29) is 12.1 Å². The number of piperidine rings is 3. The summed E-state index contributed by atoms with van der Waals surface area (Å²) in [6.07, 6.45) is 6.86. The van der Waals surface area contributed by atoms with E-state index in [9.17, 15) is 4.79 Å². The number of nitrogens with one attached hydrogen (secondary N) is 1. The maximum Gasteiger partial charge on any atom is 0.271 e. The van der Waals surface area contributed by atoms with E-state index in [1.165, 1.54) is 12.8 Å². The van der Waals surface area contributed by atoms with Gasteiger partial charge < -0.3 is 9.73 Å². The van der Waals surface area contributed by atoms with Crippen LogP contribution in [0.5, 0.6) is 0 Å². The van der Waals surface area contributed by atoms with Gasteiger partial charge in [0.2, 0.25) is 0 Å². The summed E-state index contributed by atoms with van der Waals surface area (Å²) in [5.41, 5.74) is 1.07. The number of carbonyl (C=O) groups excluding carboxylic acids is 1. The van der Waals surface area contributed by atoms with Crippen molar-refractivity contribution in [1.29, 1.82) is 0 Å². The van der Waals surface area contributed by atoms with Gasteiger partial charge in [0.05, 0.1) is 17.3 Å². The number of fused-ring (bicyclic) bond motifs is 4. The number of hydrogen-bond donors (Lipinski definition) is 2. The topological polar surface area (TPSA) is 58.4 Å². The van der Waals surface area contributed by atoms with Gasteiger partial charge in [-0.2, -0.15) is 0 Å². The van der Waals surface area contributed by atoms with E-state index in [0.29, 0.717) is 11.3 Å². The number of nitrogens with zero attached hydrogens (tertiary/aromatic N) is 2. The molecule has 2 bridgehead atoms. The first-order valence-electron chi connectivity index (χ1n) is 7.32. The van der Waals surface area contributed by atoms with Crippen LogP contribution in [0.4, 0.5) is 0 Å². The van der Waals surface area contributed by atoms with Crippen molar-refractivity contribution in [1.82, 2.24) is 15.2 Å². The van der Waals surface area contributed by atoms with Crippen molar-refractivity contribution in [2.24, 2.45) is 5.92 Å². The molecule has 0 saturated carbocycles. The molecule has 3 saturated heterocycles. The van der Waals surface area contributed by atoms with Gasteiger partial charge in [-0.1, -0.05) is 0 Å². The third-order valence-electron chi connectivity index (χ3n) is 4.62. The van der Waals surface area contributed by atoms with Crippen molar-refractivity contribution in [3.8, 4) is 0 Å². The number of amides is 1. The van der Waals surface area contributed by atoms with Gasteiger partial charge in [-0.05, 0) is 31.2 Å². The van der Waals surface area contributed by atoms with Gasteiger partial charge in [0.1, 0.15) is 12.0 Å². The fraction of sp³-hybridized carbons (Fsp3) is 0.467. The van der Waals surface area contributed by atoms with Crippen LogP contribution in [0.1, 0.15) is 29.8 Å². The fourth-order valence-corrected chi connectivity index (χ4v) is 3.61. The second-order valence-corrected chi connectivity index (χ2v) is 6.37. The lowest BCUT2D eigenvalue weighted by atomic mass is 9.86. The molecular weight excluding hydrogens is 286 g/mol. The molecule has 5 rings (SSSR count). The Hall–Kier alpha value is -1.53. The lowest BCUT2D eigenvalue weighted by Gasteiger charge is -2.45. The molecule has 5 heterocycles. The van der Waals surface area contributed by atoms with E-state index in [2.05, 4.69) is 27.8 Å². The highest BCUT2D eigenvalue weighted by atomic mass is 32.1. The largest absolute Gasteiger partial charge is 0.462 e. The SMILES string of the molecule is O=C(NC1CC2CCN1CC2)c1cc2c(S)coc2cn1. The summed E-state index contributed by atoms with van der Waals surface area (Å²) in [4.78, 5) is 19.7. The molecular formula is C15H17N3O2S. The molecule has 3 aliphatic rings. The van der Waals surface area contributed by atoms with Crippen LogP contribution < -0.4 is 5.32 Å². The van der Waals surface area contributed by atoms with Crippen LogP contribution in [0.15, 0.2) is 27.8 Å². The molecule has 0 aliphatic carbocycles. The molecule has 0 spiro atoms. The van der Waals surface area contributed by atoms with Crippen molar-refractivity contribution in [3.05, 3.63) is 24.2 Å². The maximum absolute atomic E-state index is 12.4. The van der Waals surface area contributed by atoms with Gasteiger partial charge in [-0.15, -0.1) is 12.6 Å². The molecule has 3 fully saturated rings. The van der Waals surface area contributed by atoms with Crippen molar-refractivity contribution < 1.29 is 9.21 Å². The smallest absolute Gasteiger partial charge is 0.271 e. The number of carbonyl (C=O) groups is 1. The Morgan fingerprint density at radius 3 is 2.95 bits per heavy atom. The van der Waals surface area contributed by atoms with Crippen LogP contribution in [0.3, 0.4) is 0 Å². The molecule has 5 nitrogen and oxygen atoms in total. The average molecular weight is 303 g/mol. The number of rotatable bonds is 2. The standard InChI is InChI=1S/C15H17N3O2S/c19-15(17-14-5-9-1-3-18(14)4-2-9)11-6-10-12(7-16-11)20-8-13(10)21/h6-9,14,21H,1-5H2,(H,17,19). The van der Waals surface area contributed by atoms with Crippen molar-refractivity contribution in [3.63, 3.8) is 0 Å². The zero-order valence-corrected chi connectivity index (χ0v) is 12.5. The molecule has 2 aromatic heterocycles. The highest BCUT2D eigenvalue weighted by molar-refractivity contribution is 7.80. The van der Waals surface area contributed by atoms with E-state index >= 15 is 0 Å². The molecule has 1 atom stereocenters. The van der Waals surface area contributed by atoms with Crippen LogP contribution in [0, 0.1) is 5.92 Å². The predicted octanol–water partition coefficient (Wildman–Crippen LogP) is 2.29. The number of aromatic nitrogens is 1. The van der Waals surface area contributed by atoms with Crippen molar-refractivity contribution in [2.45, 2.75) is 30.3 Å². The second kappa shape index (κ2) is 5.03. The van der Waals surface area contributed by atoms with E-state index in [0.717, 1.165) is 35.7 Å². The summed E-state index contributed by atoms with van der Waals surface area (Å²) in [6, 6.07) is 1.74. The molecule has 0 aromatic carbocycles. The van der Waals surface area contributed by atoms with Crippen LogP contribution in [-0.2, 0) is 0 Å². The molecule has 2 aromatic rings. The predicted molar refractivity (Wildman–Crippen MR) is 81.4 cm³/mol. The summed E-state index contributed by atoms with van der Waals surface area (Å²) in [5.74, 6) is 0.636. The van der Waals surface area contributed by atoms with Gasteiger partial charge in [-0.3, -0.25) is 9.69 Å². The zero-order chi connectivity index (χ0) is 14.4. The molecule has 0 radical (unpaired) electrons. The van der Waals surface area contributed by atoms with E-state index < -0.39 is 0 Å². The molecule has 110 valence electrons. The lowest BCUT2D eigenvalue weighted by Crippen LogP contribution is -2.56. The Bertz CT molecular complexity index is 691. The van der Waals surface area contributed by atoms with E-state index in [1.807, 2.05) is 0 Å². The Morgan fingerprint density at radius 1 is 1.43 bits per heavy atom. The second-order valence-electron chi connectivity index (χ2n) is 5.89.